The van der Waals surface area contributed by atoms with E-state index in [1.807, 2.05) is 25.1 Å². The molecule has 122 valence electrons. The molecule has 2 aromatic heterocycles. The number of imidazole rings is 1. The lowest BCUT2D eigenvalue weighted by atomic mass is 10.2. The van der Waals surface area contributed by atoms with Gasteiger partial charge in [-0.1, -0.05) is 12.0 Å². The number of rotatable bonds is 3. The third-order valence-electron chi connectivity index (χ3n) is 3.25. The van der Waals surface area contributed by atoms with Crippen LogP contribution in [0.1, 0.15) is 21.8 Å². The fourth-order valence-electron chi connectivity index (χ4n) is 2.14. The summed E-state index contributed by atoms with van der Waals surface area (Å²) in [6.07, 6.45) is 6.42. The molecule has 0 spiro atoms. The smallest absolute Gasteiger partial charge is 0.272 e. The third kappa shape index (κ3) is 2.82. The fraction of sp³-hybridized carbons (Fsp3) is 0.125. The maximum atomic E-state index is 11.9. The summed E-state index contributed by atoms with van der Waals surface area (Å²) in [5.41, 5.74) is 9.08. The molecule has 7 nitrogen and oxygen atoms in total. The molecule has 0 aliphatic heterocycles. The molecule has 1 aromatic carbocycles. The van der Waals surface area contributed by atoms with E-state index in [0.717, 1.165) is 16.6 Å². The van der Waals surface area contributed by atoms with Gasteiger partial charge in [0.25, 0.3) is 5.91 Å². The minimum Gasteiger partial charge on any atom is -0.382 e. The Bertz CT molecular complexity index is 954. The van der Waals surface area contributed by atoms with Crippen molar-refractivity contribution in [3.63, 3.8) is 0 Å². The average molecular weight is 314 g/mol. The molecule has 0 aliphatic rings. The number of carbonyl (C=O) groups is 1. The number of hydrogen-bond acceptors (Lipinski definition) is 5. The normalized spacial score (nSPS) is 10.4. The molecule has 0 saturated carbocycles. The molecule has 0 fully saturated rings. The maximum Gasteiger partial charge on any atom is 0.272 e. The number of hydrogen-bond donors (Lipinski definition) is 3. The number of fused-ring (bicyclic) bond motifs is 1. The Morgan fingerprint density at radius 1 is 1.48 bits per heavy atom. The molecular formula is C16H22N6O. The van der Waals surface area contributed by atoms with Gasteiger partial charge in [0.05, 0.1) is 23.8 Å². The van der Waals surface area contributed by atoms with Crippen LogP contribution in [0.25, 0.3) is 22.6 Å². The first-order valence-electron chi connectivity index (χ1n) is 6.89. The zero-order valence-corrected chi connectivity index (χ0v) is 12.4. The molecule has 0 atom stereocenters. The second kappa shape index (κ2) is 5.77. The number of H-pyrrole nitrogens is 1. The first kappa shape index (κ1) is 14.5. The predicted octanol–water partition coefficient (Wildman–Crippen LogP) is 2.26. The summed E-state index contributed by atoms with van der Waals surface area (Å²) in [6.45, 7) is 2.11. The Morgan fingerprint density at radius 2 is 2.30 bits per heavy atom. The third-order valence-corrected chi connectivity index (χ3v) is 3.25. The maximum absolute atomic E-state index is 11.9. The lowest BCUT2D eigenvalue weighted by Crippen LogP contribution is -2.25. The molecule has 0 aliphatic carbocycles. The van der Waals surface area contributed by atoms with Gasteiger partial charge in [-0.25, -0.2) is 15.0 Å². The van der Waals surface area contributed by atoms with Gasteiger partial charge < -0.3 is 16.0 Å². The fourth-order valence-corrected chi connectivity index (χ4v) is 2.14. The van der Waals surface area contributed by atoms with E-state index >= 15 is 0 Å². The van der Waals surface area contributed by atoms with Crippen LogP contribution in [0.3, 0.4) is 0 Å². The first-order valence-corrected chi connectivity index (χ1v) is 6.89. The van der Waals surface area contributed by atoms with Crippen molar-refractivity contribution in [3.05, 3.63) is 35.7 Å². The number of benzene rings is 1. The highest BCUT2D eigenvalue weighted by Crippen LogP contribution is 2.23. The van der Waals surface area contributed by atoms with Gasteiger partial charge in [-0.15, -0.1) is 6.42 Å². The van der Waals surface area contributed by atoms with Gasteiger partial charge in [0.2, 0.25) is 0 Å². The van der Waals surface area contributed by atoms with Crippen LogP contribution in [-0.2, 0) is 0 Å². The predicted molar refractivity (Wildman–Crippen MR) is 95.9 cm³/mol. The van der Waals surface area contributed by atoms with Crippen molar-refractivity contribution < 1.29 is 10.5 Å². The van der Waals surface area contributed by atoms with Gasteiger partial charge >= 0.3 is 0 Å². The van der Waals surface area contributed by atoms with Gasteiger partial charge in [0.1, 0.15) is 11.4 Å². The summed E-state index contributed by atoms with van der Waals surface area (Å²) in [4.78, 5) is 27.8. The number of nitrogens with zero attached hydrogens (tertiary/aromatic N) is 3. The van der Waals surface area contributed by atoms with Crippen LogP contribution in [0.15, 0.2) is 24.4 Å². The largest absolute Gasteiger partial charge is 0.382 e. The van der Waals surface area contributed by atoms with Crippen molar-refractivity contribution in [2.75, 3.05) is 12.3 Å². The van der Waals surface area contributed by atoms with Crippen molar-refractivity contribution in [1.29, 1.82) is 0 Å². The topological polar surface area (TPSA) is 110 Å². The molecule has 7 heteroatoms. The number of aromatic amines is 1. The van der Waals surface area contributed by atoms with Gasteiger partial charge in [-0.2, -0.15) is 0 Å². The number of anilines is 1. The highest BCUT2D eigenvalue weighted by molar-refractivity contribution is 5.93. The number of aryl methyl sites for hydroxylation is 1. The van der Waals surface area contributed by atoms with Crippen molar-refractivity contribution in [1.82, 2.24) is 25.3 Å². The highest BCUT2D eigenvalue weighted by atomic mass is 16.1. The van der Waals surface area contributed by atoms with Crippen LogP contribution in [0.2, 0.25) is 0 Å². The first-order chi connectivity index (χ1) is 11.1. The number of nitrogens with two attached hydrogens (primary N) is 1. The molecule has 4 N–H and O–H groups in total. The lowest BCUT2D eigenvalue weighted by Gasteiger charge is -2.04. The Morgan fingerprint density at radius 3 is 3.09 bits per heavy atom. The van der Waals surface area contributed by atoms with Gasteiger partial charge in [0.15, 0.2) is 11.6 Å². The quantitative estimate of drug-likeness (QED) is 0.642. The monoisotopic (exact) mass is 314 g/mol. The van der Waals surface area contributed by atoms with E-state index in [-0.39, 0.29) is 23.8 Å². The number of terminal acetylenes is 1. The second-order valence-corrected chi connectivity index (χ2v) is 4.98. The molecule has 3 aromatic rings. The van der Waals surface area contributed by atoms with Crippen molar-refractivity contribution in [2.24, 2.45) is 0 Å². The van der Waals surface area contributed by atoms with Crippen molar-refractivity contribution in [3.8, 4) is 23.9 Å². The van der Waals surface area contributed by atoms with Crippen LogP contribution in [0.4, 0.5) is 5.82 Å². The van der Waals surface area contributed by atoms with E-state index < -0.39 is 5.91 Å². The van der Waals surface area contributed by atoms with E-state index in [2.05, 4.69) is 31.2 Å². The van der Waals surface area contributed by atoms with Gasteiger partial charge in [-0.05, 0) is 24.6 Å². The lowest BCUT2D eigenvalue weighted by molar-refractivity contribution is 0.0953. The average Bonchev–Trinajstić information content (AvgIpc) is 2.95. The van der Waals surface area contributed by atoms with E-state index in [1.165, 1.54) is 6.20 Å². The molecule has 0 radical (unpaired) electrons. The molecule has 2 heterocycles. The molecular weight excluding hydrogens is 292 g/mol. The van der Waals surface area contributed by atoms with Crippen LogP contribution >= 0.6 is 0 Å². The number of nitrogens with one attached hydrogen (secondary N) is 2. The number of aromatic nitrogens is 4. The summed E-state index contributed by atoms with van der Waals surface area (Å²) in [5, 5.41) is 2.53. The molecule has 23 heavy (non-hydrogen) atoms. The Balaban J connectivity index is 0. The van der Waals surface area contributed by atoms with Crippen LogP contribution in [0, 0.1) is 19.3 Å². The SMILES string of the molecule is C#CCNC(=O)c1cnc(N)c(-c2nc3ccc(C)cc3[nH]2)n1.[HH].[HH].[HH].[HH]. The summed E-state index contributed by atoms with van der Waals surface area (Å²) < 4.78 is 0. The van der Waals surface area contributed by atoms with E-state index in [0.29, 0.717) is 11.5 Å². The van der Waals surface area contributed by atoms with Gasteiger partial charge in [-0.3, -0.25) is 4.79 Å². The second-order valence-electron chi connectivity index (χ2n) is 4.98. The van der Waals surface area contributed by atoms with E-state index in [1.54, 1.807) is 0 Å². The molecule has 0 bridgehead atoms. The number of nitrogen functional groups attached to an aromatic ring is 1. The van der Waals surface area contributed by atoms with Crippen molar-refractivity contribution in [2.45, 2.75) is 6.92 Å². The number of amides is 1. The molecule has 1 amide bonds. The summed E-state index contributed by atoms with van der Waals surface area (Å²) >= 11 is 0. The Hall–Kier alpha value is -3.40. The summed E-state index contributed by atoms with van der Waals surface area (Å²) in [6, 6.07) is 5.84. The van der Waals surface area contributed by atoms with Crippen molar-refractivity contribution >= 4 is 22.8 Å². The Labute approximate surface area is 138 Å². The minimum absolute atomic E-state index is 0. The molecule has 0 unspecified atom stereocenters. The molecule has 3 rings (SSSR count). The molecule has 0 saturated heterocycles. The van der Waals surface area contributed by atoms with Gasteiger partial charge in [0, 0.05) is 5.71 Å². The van der Waals surface area contributed by atoms with Crippen LogP contribution in [0.5, 0.6) is 0 Å². The van der Waals surface area contributed by atoms with Crippen LogP contribution in [-0.4, -0.2) is 32.4 Å². The summed E-state index contributed by atoms with van der Waals surface area (Å²) in [7, 11) is 0. The van der Waals surface area contributed by atoms with E-state index in [4.69, 9.17) is 12.2 Å². The standard InChI is InChI=1S/C16H14N6O.4H2/c1-3-6-18-16(23)12-8-19-14(17)13(20-12)15-21-10-5-4-9(2)7-11(10)22-15;;;;/h1,4-5,7-8H,6H2,2H3,(H2,17,19)(H,18,23)(H,21,22);4*1H. The van der Waals surface area contributed by atoms with Crippen LogP contribution < -0.4 is 11.1 Å². The zero-order chi connectivity index (χ0) is 16.4. The van der Waals surface area contributed by atoms with E-state index in [9.17, 15) is 4.79 Å². The Kier molecular flexibility index (Phi) is 3.65. The summed E-state index contributed by atoms with van der Waals surface area (Å²) in [5.74, 6) is 2.56. The highest BCUT2D eigenvalue weighted by Gasteiger charge is 2.15. The zero-order valence-electron chi connectivity index (χ0n) is 12.4. The number of carbonyl (C=O) groups excluding carboxylic acids is 1. The minimum atomic E-state index is -0.413.